The standard InChI is InChI=1S/C13H11ClN4S/c1-9-4-2-3-5-10(9)7-19-12-6-11(14)17-13-15-8-16-18(12)13/h2-6,8H,7H2,1H3. The third-order valence-electron chi connectivity index (χ3n) is 2.82. The number of rotatable bonds is 3. The fourth-order valence-electron chi connectivity index (χ4n) is 1.78. The molecule has 1 aromatic carbocycles. The van der Waals surface area contributed by atoms with Crippen molar-refractivity contribution in [1.82, 2.24) is 19.6 Å². The van der Waals surface area contributed by atoms with Gasteiger partial charge in [0.2, 0.25) is 0 Å². The van der Waals surface area contributed by atoms with Crippen LogP contribution < -0.4 is 0 Å². The lowest BCUT2D eigenvalue weighted by molar-refractivity contribution is 0.842. The summed E-state index contributed by atoms with van der Waals surface area (Å²) in [4.78, 5) is 8.17. The Morgan fingerprint density at radius 2 is 2.16 bits per heavy atom. The van der Waals surface area contributed by atoms with Crippen molar-refractivity contribution < 1.29 is 0 Å². The Morgan fingerprint density at radius 3 is 3.00 bits per heavy atom. The monoisotopic (exact) mass is 290 g/mol. The van der Waals surface area contributed by atoms with Gasteiger partial charge < -0.3 is 0 Å². The zero-order valence-corrected chi connectivity index (χ0v) is 11.8. The van der Waals surface area contributed by atoms with Crippen LogP contribution in [-0.2, 0) is 5.75 Å². The Kier molecular flexibility index (Phi) is 3.40. The van der Waals surface area contributed by atoms with Crippen molar-refractivity contribution in [2.45, 2.75) is 17.7 Å². The van der Waals surface area contributed by atoms with Crippen LogP contribution in [0.1, 0.15) is 11.1 Å². The molecule has 0 spiro atoms. The molecule has 0 saturated heterocycles. The van der Waals surface area contributed by atoms with Crippen LogP contribution in [0.5, 0.6) is 0 Å². The molecule has 0 saturated carbocycles. The van der Waals surface area contributed by atoms with Gasteiger partial charge in [-0.25, -0.2) is 0 Å². The van der Waals surface area contributed by atoms with Crippen molar-refractivity contribution >= 4 is 29.1 Å². The quantitative estimate of drug-likeness (QED) is 0.548. The Balaban J connectivity index is 1.90. The van der Waals surface area contributed by atoms with E-state index in [9.17, 15) is 0 Å². The van der Waals surface area contributed by atoms with Crippen LogP contribution in [0.2, 0.25) is 5.15 Å². The molecule has 0 radical (unpaired) electrons. The average Bonchev–Trinajstić information content (AvgIpc) is 2.85. The summed E-state index contributed by atoms with van der Waals surface area (Å²) in [6, 6.07) is 10.1. The van der Waals surface area contributed by atoms with Gasteiger partial charge in [0.25, 0.3) is 5.78 Å². The van der Waals surface area contributed by atoms with Crippen LogP contribution in [0.4, 0.5) is 0 Å². The highest BCUT2D eigenvalue weighted by atomic mass is 35.5. The van der Waals surface area contributed by atoms with Gasteiger partial charge in [-0.1, -0.05) is 35.9 Å². The van der Waals surface area contributed by atoms with Gasteiger partial charge in [-0.05, 0) is 18.1 Å². The highest BCUT2D eigenvalue weighted by molar-refractivity contribution is 7.98. The van der Waals surface area contributed by atoms with Gasteiger partial charge in [-0.15, -0.1) is 11.8 Å². The van der Waals surface area contributed by atoms with E-state index >= 15 is 0 Å². The molecule has 0 unspecified atom stereocenters. The Morgan fingerprint density at radius 1 is 1.32 bits per heavy atom. The summed E-state index contributed by atoms with van der Waals surface area (Å²) in [6.07, 6.45) is 1.48. The normalized spacial score (nSPS) is 11.1. The molecule has 0 fully saturated rings. The molecule has 4 nitrogen and oxygen atoms in total. The summed E-state index contributed by atoms with van der Waals surface area (Å²) in [5.41, 5.74) is 2.58. The summed E-state index contributed by atoms with van der Waals surface area (Å²) in [5.74, 6) is 1.39. The predicted molar refractivity (Wildman–Crippen MR) is 76.5 cm³/mol. The predicted octanol–water partition coefficient (Wildman–Crippen LogP) is 3.38. The molecule has 3 rings (SSSR count). The van der Waals surface area contributed by atoms with E-state index in [4.69, 9.17) is 11.6 Å². The lowest BCUT2D eigenvalue weighted by Crippen LogP contribution is -1.96. The zero-order valence-electron chi connectivity index (χ0n) is 10.2. The van der Waals surface area contributed by atoms with E-state index in [-0.39, 0.29) is 0 Å². The fraction of sp³-hybridized carbons (Fsp3) is 0.154. The third-order valence-corrected chi connectivity index (χ3v) is 4.06. The second kappa shape index (κ2) is 5.19. The summed E-state index contributed by atoms with van der Waals surface area (Å²) < 4.78 is 1.70. The van der Waals surface area contributed by atoms with E-state index in [1.165, 1.54) is 17.5 Å². The lowest BCUT2D eigenvalue weighted by atomic mass is 10.1. The molecule has 0 amide bonds. The van der Waals surface area contributed by atoms with Gasteiger partial charge in [-0.3, -0.25) is 0 Å². The van der Waals surface area contributed by atoms with E-state index in [1.807, 2.05) is 18.2 Å². The van der Waals surface area contributed by atoms with E-state index in [2.05, 4.69) is 34.1 Å². The average molecular weight is 291 g/mol. The summed E-state index contributed by atoms with van der Waals surface area (Å²) in [6.45, 7) is 2.11. The van der Waals surface area contributed by atoms with Gasteiger partial charge in [0, 0.05) is 11.8 Å². The number of fused-ring (bicyclic) bond motifs is 1. The summed E-state index contributed by atoms with van der Waals surface area (Å²) >= 11 is 7.66. The fourth-order valence-corrected chi connectivity index (χ4v) is 3.10. The Bertz CT molecular complexity index is 725. The maximum Gasteiger partial charge on any atom is 0.254 e. The first-order chi connectivity index (χ1) is 9.24. The van der Waals surface area contributed by atoms with Gasteiger partial charge in [0.1, 0.15) is 16.5 Å². The smallest absolute Gasteiger partial charge is 0.199 e. The first kappa shape index (κ1) is 12.4. The molecule has 0 aliphatic rings. The second-order valence-corrected chi connectivity index (χ2v) is 5.49. The van der Waals surface area contributed by atoms with Crippen molar-refractivity contribution in [1.29, 1.82) is 0 Å². The number of thioether (sulfide) groups is 1. The van der Waals surface area contributed by atoms with Crippen LogP contribution in [0, 0.1) is 6.92 Å². The molecule has 6 heteroatoms. The van der Waals surface area contributed by atoms with Crippen molar-refractivity contribution in [3.05, 3.63) is 52.9 Å². The van der Waals surface area contributed by atoms with Gasteiger partial charge in [0.15, 0.2) is 0 Å². The molecule has 96 valence electrons. The maximum atomic E-state index is 5.99. The van der Waals surface area contributed by atoms with E-state index in [0.717, 1.165) is 10.8 Å². The first-order valence-corrected chi connectivity index (χ1v) is 7.14. The minimum atomic E-state index is 0.438. The summed E-state index contributed by atoms with van der Waals surface area (Å²) in [5, 5.41) is 5.54. The van der Waals surface area contributed by atoms with Crippen LogP contribution in [0.15, 0.2) is 41.7 Å². The van der Waals surface area contributed by atoms with E-state index < -0.39 is 0 Å². The van der Waals surface area contributed by atoms with Crippen LogP contribution in [0.3, 0.4) is 0 Å². The van der Waals surface area contributed by atoms with E-state index in [1.54, 1.807) is 16.3 Å². The number of halogens is 1. The zero-order chi connectivity index (χ0) is 13.2. The summed E-state index contributed by atoms with van der Waals surface area (Å²) in [7, 11) is 0. The van der Waals surface area contributed by atoms with Crippen molar-refractivity contribution in [2.24, 2.45) is 0 Å². The molecule has 0 atom stereocenters. The Labute approximate surface area is 119 Å². The highest BCUT2D eigenvalue weighted by Crippen LogP contribution is 2.25. The molecular weight excluding hydrogens is 280 g/mol. The number of hydrogen-bond donors (Lipinski definition) is 0. The molecule has 0 aliphatic carbocycles. The number of aryl methyl sites for hydroxylation is 1. The number of hydrogen-bond acceptors (Lipinski definition) is 4. The Hall–Kier alpha value is -1.59. The molecule has 3 aromatic rings. The minimum absolute atomic E-state index is 0.438. The topological polar surface area (TPSA) is 43.1 Å². The molecular formula is C13H11ClN4S. The van der Waals surface area contributed by atoms with Gasteiger partial charge >= 0.3 is 0 Å². The number of nitrogens with zero attached hydrogens (tertiary/aromatic N) is 4. The number of benzene rings is 1. The van der Waals surface area contributed by atoms with Crippen molar-refractivity contribution in [3.63, 3.8) is 0 Å². The molecule has 0 bridgehead atoms. The molecule has 2 heterocycles. The van der Waals surface area contributed by atoms with Crippen LogP contribution >= 0.6 is 23.4 Å². The largest absolute Gasteiger partial charge is 0.254 e. The first-order valence-electron chi connectivity index (χ1n) is 5.77. The van der Waals surface area contributed by atoms with Gasteiger partial charge in [-0.2, -0.15) is 19.6 Å². The van der Waals surface area contributed by atoms with Crippen LogP contribution in [-0.4, -0.2) is 19.6 Å². The van der Waals surface area contributed by atoms with Crippen molar-refractivity contribution in [3.8, 4) is 0 Å². The van der Waals surface area contributed by atoms with Gasteiger partial charge in [0.05, 0.1) is 0 Å². The maximum absolute atomic E-state index is 5.99. The lowest BCUT2D eigenvalue weighted by Gasteiger charge is -2.06. The molecule has 0 aliphatic heterocycles. The molecule has 19 heavy (non-hydrogen) atoms. The minimum Gasteiger partial charge on any atom is -0.199 e. The highest BCUT2D eigenvalue weighted by Gasteiger charge is 2.08. The SMILES string of the molecule is Cc1ccccc1CSc1cc(Cl)nc2ncnn12. The number of aromatic nitrogens is 4. The molecule has 0 N–H and O–H groups in total. The van der Waals surface area contributed by atoms with Crippen LogP contribution in [0.25, 0.3) is 5.78 Å². The van der Waals surface area contributed by atoms with E-state index in [0.29, 0.717) is 10.9 Å². The third kappa shape index (κ3) is 2.57. The van der Waals surface area contributed by atoms with Crippen molar-refractivity contribution in [2.75, 3.05) is 0 Å². The second-order valence-electron chi connectivity index (χ2n) is 4.10. The molecule has 2 aromatic heterocycles.